The number of hydrogen-bond acceptors (Lipinski definition) is 4. The Kier molecular flexibility index (Phi) is 4.89. The van der Waals surface area contributed by atoms with Crippen LogP contribution in [0.1, 0.15) is 13.3 Å². The minimum Gasteiger partial charge on any atom is -0.368 e. The monoisotopic (exact) mass is 209 g/mol. The van der Waals surface area contributed by atoms with Gasteiger partial charge in [0, 0.05) is 0 Å². The summed E-state index contributed by atoms with van der Waals surface area (Å²) in [7, 11) is -3.42. The highest BCUT2D eigenvalue weighted by molar-refractivity contribution is 7.89. The van der Waals surface area contributed by atoms with E-state index in [4.69, 9.17) is 11.5 Å². The quantitative estimate of drug-likeness (QED) is 0.475. The van der Waals surface area contributed by atoms with Gasteiger partial charge in [-0.25, -0.2) is 13.1 Å². The van der Waals surface area contributed by atoms with Crippen LogP contribution in [-0.2, 0) is 14.8 Å². The predicted molar refractivity (Wildman–Crippen MR) is 49.3 cm³/mol. The SMILES string of the molecule is CC(NS(=O)(=O)CCCN)C(N)=O. The molecule has 1 unspecified atom stereocenters. The molecule has 0 fully saturated rings. The summed E-state index contributed by atoms with van der Waals surface area (Å²) in [6.45, 7) is 1.69. The van der Waals surface area contributed by atoms with Crippen molar-refractivity contribution in [3.63, 3.8) is 0 Å². The number of rotatable bonds is 6. The standard InChI is InChI=1S/C6H15N3O3S/c1-5(6(8)10)9-13(11,12)4-2-3-7/h5,9H,2-4,7H2,1H3,(H2,8,10). The lowest BCUT2D eigenvalue weighted by Crippen LogP contribution is -2.43. The maximum absolute atomic E-state index is 11.1. The second-order valence-electron chi connectivity index (χ2n) is 2.70. The highest BCUT2D eigenvalue weighted by Crippen LogP contribution is 1.91. The van der Waals surface area contributed by atoms with Gasteiger partial charge in [-0.05, 0) is 19.9 Å². The Morgan fingerprint density at radius 1 is 1.54 bits per heavy atom. The Morgan fingerprint density at radius 3 is 2.46 bits per heavy atom. The smallest absolute Gasteiger partial charge is 0.235 e. The first-order valence-corrected chi connectivity index (χ1v) is 5.53. The van der Waals surface area contributed by atoms with Crippen LogP contribution in [0, 0.1) is 0 Å². The number of nitrogens with two attached hydrogens (primary N) is 2. The van der Waals surface area contributed by atoms with Crippen LogP contribution in [0.2, 0.25) is 0 Å². The van der Waals surface area contributed by atoms with Crippen LogP contribution in [0.15, 0.2) is 0 Å². The third kappa shape index (κ3) is 5.56. The molecule has 78 valence electrons. The zero-order valence-corrected chi connectivity index (χ0v) is 8.30. The van der Waals surface area contributed by atoms with Crippen LogP contribution in [0.5, 0.6) is 0 Å². The molecule has 7 heteroatoms. The molecule has 1 amide bonds. The average Bonchev–Trinajstić information content (AvgIpc) is 2.00. The molecule has 0 aliphatic rings. The van der Waals surface area contributed by atoms with Gasteiger partial charge in [-0.2, -0.15) is 0 Å². The van der Waals surface area contributed by atoms with Crippen molar-refractivity contribution in [1.29, 1.82) is 0 Å². The van der Waals surface area contributed by atoms with Crippen LogP contribution < -0.4 is 16.2 Å². The molecule has 0 aromatic heterocycles. The zero-order chi connectivity index (χ0) is 10.5. The number of nitrogens with one attached hydrogen (secondary N) is 1. The number of carbonyl (C=O) groups excluding carboxylic acids is 1. The molecular weight excluding hydrogens is 194 g/mol. The molecule has 0 spiro atoms. The molecule has 0 aliphatic heterocycles. The lowest BCUT2D eigenvalue weighted by Gasteiger charge is -2.09. The maximum Gasteiger partial charge on any atom is 0.235 e. The fraction of sp³-hybridized carbons (Fsp3) is 0.833. The molecule has 0 aliphatic carbocycles. The van der Waals surface area contributed by atoms with Gasteiger partial charge < -0.3 is 11.5 Å². The molecule has 1 atom stereocenters. The average molecular weight is 209 g/mol. The highest BCUT2D eigenvalue weighted by atomic mass is 32.2. The van der Waals surface area contributed by atoms with Gasteiger partial charge in [-0.3, -0.25) is 4.79 Å². The number of primary amides is 1. The minimum atomic E-state index is -3.42. The summed E-state index contributed by atoms with van der Waals surface area (Å²) in [6, 6.07) is -0.872. The van der Waals surface area contributed by atoms with Gasteiger partial charge in [0.25, 0.3) is 0 Å². The summed E-state index contributed by atoms with van der Waals surface area (Å²) in [6.07, 6.45) is 0.362. The van der Waals surface area contributed by atoms with E-state index in [-0.39, 0.29) is 5.75 Å². The number of sulfonamides is 1. The van der Waals surface area contributed by atoms with Crippen LogP contribution >= 0.6 is 0 Å². The fourth-order valence-electron chi connectivity index (χ4n) is 0.660. The topological polar surface area (TPSA) is 115 Å². The van der Waals surface area contributed by atoms with E-state index in [0.29, 0.717) is 13.0 Å². The van der Waals surface area contributed by atoms with Crippen LogP contribution in [0.4, 0.5) is 0 Å². The molecular formula is C6H15N3O3S. The molecule has 0 bridgehead atoms. The summed E-state index contributed by atoms with van der Waals surface area (Å²) in [5, 5.41) is 0. The molecule has 5 N–H and O–H groups in total. The Hall–Kier alpha value is -0.660. The summed E-state index contributed by atoms with van der Waals surface area (Å²) in [5.74, 6) is -0.780. The molecule has 0 saturated heterocycles. The van der Waals surface area contributed by atoms with E-state index >= 15 is 0 Å². The molecule has 6 nitrogen and oxygen atoms in total. The largest absolute Gasteiger partial charge is 0.368 e. The van der Waals surface area contributed by atoms with Crippen LogP contribution in [0.25, 0.3) is 0 Å². The van der Waals surface area contributed by atoms with E-state index in [1.165, 1.54) is 6.92 Å². The van der Waals surface area contributed by atoms with Gasteiger partial charge in [0.15, 0.2) is 0 Å². The number of amides is 1. The molecule has 0 radical (unpaired) electrons. The van der Waals surface area contributed by atoms with Gasteiger partial charge >= 0.3 is 0 Å². The van der Waals surface area contributed by atoms with Crippen molar-refractivity contribution in [2.75, 3.05) is 12.3 Å². The van der Waals surface area contributed by atoms with Crippen molar-refractivity contribution in [2.24, 2.45) is 11.5 Å². The Balaban J connectivity index is 4.10. The van der Waals surface area contributed by atoms with Gasteiger partial charge in [0.2, 0.25) is 15.9 Å². The first-order chi connectivity index (χ1) is 5.89. The van der Waals surface area contributed by atoms with Gasteiger partial charge in [-0.1, -0.05) is 0 Å². The third-order valence-corrected chi connectivity index (χ3v) is 2.94. The second-order valence-corrected chi connectivity index (χ2v) is 4.58. The van der Waals surface area contributed by atoms with E-state index in [1.54, 1.807) is 0 Å². The van der Waals surface area contributed by atoms with Crippen molar-refractivity contribution in [2.45, 2.75) is 19.4 Å². The molecule has 0 heterocycles. The maximum atomic E-state index is 11.1. The second kappa shape index (κ2) is 5.15. The van der Waals surface area contributed by atoms with Crippen molar-refractivity contribution < 1.29 is 13.2 Å². The first-order valence-electron chi connectivity index (χ1n) is 3.88. The zero-order valence-electron chi connectivity index (χ0n) is 7.49. The van der Waals surface area contributed by atoms with Gasteiger partial charge in [-0.15, -0.1) is 0 Å². The fourth-order valence-corrected chi connectivity index (χ4v) is 1.98. The molecule has 0 saturated carbocycles. The van der Waals surface area contributed by atoms with Crippen molar-refractivity contribution in [3.8, 4) is 0 Å². The Bertz CT molecular complexity index is 262. The Morgan fingerprint density at radius 2 is 2.08 bits per heavy atom. The van der Waals surface area contributed by atoms with E-state index in [2.05, 4.69) is 4.72 Å². The van der Waals surface area contributed by atoms with E-state index in [9.17, 15) is 13.2 Å². The number of carbonyl (C=O) groups is 1. The molecule has 0 aromatic rings. The predicted octanol–water partition coefficient (Wildman–Crippen LogP) is -1.87. The summed E-state index contributed by atoms with van der Waals surface area (Å²) >= 11 is 0. The summed E-state index contributed by atoms with van der Waals surface area (Å²) < 4.78 is 24.4. The lowest BCUT2D eigenvalue weighted by molar-refractivity contribution is -0.119. The Labute approximate surface area is 77.7 Å². The summed E-state index contributed by atoms with van der Waals surface area (Å²) in [5.41, 5.74) is 10.0. The first kappa shape index (κ1) is 12.3. The van der Waals surface area contributed by atoms with Crippen molar-refractivity contribution >= 4 is 15.9 Å². The molecule has 0 rings (SSSR count). The van der Waals surface area contributed by atoms with Crippen molar-refractivity contribution in [1.82, 2.24) is 4.72 Å². The lowest BCUT2D eigenvalue weighted by atomic mass is 10.4. The van der Waals surface area contributed by atoms with E-state index in [0.717, 1.165) is 0 Å². The van der Waals surface area contributed by atoms with Gasteiger partial charge in [0.05, 0.1) is 11.8 Å². The van der Waals surface area contributed by atoms with Crippen LogP contribution in [0.3, 0.4) is 0 Å². The summed E-state index contributed by atoms with van der Waals surface area (Å²) in [4.78, 5) is 10.5. The minimum absolute atomic E-state index is 0.0822. The highest BCUT2D eigenvalue weighted by Gasteiger charge is 2.16. The van der Waals surface area contributed by atoms with Crippen LogP contribution in [-0.4, -0.2) is 32.7 Å². The van der Waals surface area contributed by atoms with E-state index in [1.807, 2.05) is 0 Å². The third-order valence-electron chi connectivity index (χ3n) is 1.40. The van der Waals surface area contributed by atoms with Crippen molar-refractivity contribution in [3.05, 3.63) is 0 Å². The molecule has 0 aromatic carbocycles. The normalized spacial score (nSPS) is 14.0. The molecule has 13 heavy (non-hydrogen) atoms. The number of hydrogen-bond donors (Lipinski definition) is 3. The van der Waals surface area contributed by atoms with Gasteiger partial charge in [0.1, 0.15) is 0 Å². The van der Waals surface area contributed by atoms with E-state index < -0.39 is 22.0 Å².